The van der Waals surface area contributed by atoms with Crippen molar-refractivity contribution in [2.45, 2.75) is 77.0 Å². The van der Waals surface area contributed by atoms with E-state index >= 15 is 0 Å². The van der Waals surface area contributed by atoms with Gasteiger partial charge in [-0.05, 0) is 35.5 Å². The minimum atomic E-state index is 0.900. The highest BCUT2D eigenvalue weighted by Crippen LogP contribution is 2.24. The second kappa shape index (κ2) is 14.4. The fraction of sp³-hybridized carbons (Fsp3) is 0.867. The van der Waals surface area contributed by atoms with Crippen LogP contribution in [0.2, 0.25) is 0 Å². The average Bonchev–Trinajstić information content (AvgIpc) is 2.43. The van der Waals surface area contributed by atoms with Gasteiger partial charge in [-0.1, -0.05) is 63.9 Å². The first kappa shape index (κ1) is 17.1. The third-order valence-corrected chi connectivity index (χ3v) is 4.78. The molecule has 1 rings (SSSR count). The van der Waals surface area contributed by atoms with Gasteiger partial charge >= 0.3 is 0 Å². The summed E-state index contributed by atoms with van der Waals surface area (Å²) in [6, 6.07) is 0. The maximum absolute atomic E-state index is 4.18. The summed E-state index contributed by atoms with van der Waals surface area (Å²) in [5.74, 6) is 0. The smallest absolute Gasteiger partial charge is 0.0716 e. The molecule has 1 heterocycles. The molecule has 1 aliphatic heterocycles. The molecule has 0 radical (unpaired) electrons. The van der Waals surface area contributed by atoms with E-state index in [2.05, 4.69) is 21.1 Å². The molecule has 0 aromatic rings. The van der Waals surface area contributed by atoms with Crippen molar-refractivity contribution in [1.82, 2.24) is 0 Å². The van der Waals surface area contributed by atoms with Crippen molar-refractivity contribution in [3.8, 4) is 0 Å². The Hall–Kier alpha value is 0.0400. The van der Waals surface area contributed by atoms with Gasteiger partial charge in [0.25, 0.3) is 0 Å². The van der Waals surface area contributed by atoms with Gasteiger partial charge in [0, 0.05) is 0 Å². The van der Waals surface area contributed by atoms with Crippen LogP contribution in [-0.4, -0.2) is 6.54 Å². The lowest BCUT2D eigenvalue weighted by Crippen LogP contribution is -1.84. The average molecular weight is 301 g/mol. The molecule has 19 heavy (non-hydrogen) atoms. The van der Waals surface area contributed by atoms with E-state index in [4.69, 9.17) is 0 Å². The molecule has 110 valence electrons. The van der Waals surface area contributed by atoms with Gasteiger partial charge in [-0.2, -0.15) is 5.11 Å². The lowest BCUT2D eigenvalue weighted by Gasteiger charge is -2.02. The van der Waals surface area contributed by atoms with Crippen molar-refractivity contribution in [2.24, 2.45) is 9.63 Å². The first-order valence-corrected chi connectivity index (χ1v) is 10.0. The second-order valence-electron chi connectivity index (χ2n) is 5.17. The molecular weight excluding hydrogens is 272 g/mol. The molecular formula is C15H28N2S2. The Kier molecular flexibility index (Phi) is 13.0. The van der Waals surface area contributed by atoms with Crippen LogP contribution in [0.5, 0.6) is 0 Å². The van der Waals surface area contributed by atoms with Crippen LogP contribution in [0.15, 0.2) is 21.1 Å². The van der Waals surface area contributed by atoms with Crippen molar-refractivity contribution in [3.63, 3.8) is 0 Å². The van der Waals surface area contributed by atoms with E-state index in [1.165, 1.54) is 88.0 Å². The van der Waals surface area contributed by atoms with Gasteiger partial charge in [0.1, 0.15) is 0 Å². The number of nitrogens with zero attached hydrogens (tertiary/aromatic N) is 2. The maximum Gasteiger partial charge on any atom is 0.0716 e. The minimum Gasteiger partial charge on any atom is -0.181 e. The Labute approximate surface area is 126 Å². The topological polar surface area (TPSA) is 24.7 Å². The van der Waals surface area contributed by atoms with Crippen LogP contribution >= 0.6 is 21.8 Å². The largest absolute Gasteiger partial charge is 0.181 e. The summed E-state index contributed by atoms with van der Waals surface area (Å²) in [5.41, 5.74) is 0. The van der Waals surface area contributed by atoms with E-state index < -0.39 is 0 Å². The Morgan fingerprint density at radius 1 is 0.684 bits per heavy atom. The lowest BCUT2D eigenvalue weighted by molar-refractivity contribution is 0.547. The van der Waals surface area contributed by atoms with Gasteiger partial charge < -0.3 is 0 Å². The molecule has 0 saturated carbocycles. The normalized spacial score (nSPS) is 22.3. The highest BCUT2D eigenvalue weighted by Gasteiger charge is 1.94. The zero-order valence-electron chi connectivity index (χ0n) is 12.1. The predicted molar refractivity (Wildman–Crippen MR) is 89.4 cm³/mol. The third-order valence-electron chi connectivity index (χ3n) is 3.41. The molecule has 0 N–H and O–H groups in total. The molecule has 0 spiro atoms. The third kappa shape index (κ3) is 12.8. The molecule has 0 atom stereocenters. The minimum absolute atomic E-state index is 0.900. The molecule has 0 aromatic carbocycles. The van der Waals surface area contributed by atoms with Crippen molar-refractivity contribution >= 4 is 21.8 Å². The highest BCUT2D eigenvalue weighted by molar-refractivity contribution is 8.77. The van der Waals surface area contributed by atoms with Gasteiger partial charge in [-0.3, -0.25) is 0 Å². The van der Waals surface area contributed by atoms with Crippen LogP contribution in [0, 0.1) is 0 Å². The van der Waals surface area contributed by atoms with Crippen LogP contribution in [-0.2, 0) is 0 Å². The van der Waals surface area contributed by atoms with Crippen molar-refractivity contribution in [1.29, 1.82) is 0 Å². The number of hydrogen-bond donors (Lipinski definition) is 0. The van der Waals surface area contributed by atoms with Gasteiger partial charge in [0.2, 0.25) is 0 Å². The van der Waals surface area contributed by atoms with Crippen LogP contribution in [0.25, 0.3) is 0 Å². The zero-order chi connectivity index (χ0) is 13.4. The molecule has 0 saturated heterocycles. The first-order valence-electron chi connectivity index (χ1n) is 7.84. The molecule has 4 heteroatoms. The summed E-state index contributed by atoms with van der Waals surface area (Å²) in [6.07, 6.45) is 18.7. The quantitative estimate of drug-likeness (QED) is 0.357. The Morgan fingerprint density at radius 3 is 1.95 bits per heavy atom. The van der Waals surface area contributed by atoms with Crippen LogP contribution < -0.4 is 0 Å². The number of rotatable bonds is 0. The lowest BCUT2D eigenvalue weighted by atomic mass is 10.1. The molecule has 0 aliphatic carbocycles. The van der Waals surface area contributed by atoms with Crippen molar-refractivity contribution in [2.75, 3.05) is 6.54 Å². The fourth-order valence-electron chi connectivity index (χ4n) is 2.25. The summed E-state index contributed by atoms with van der Waals surface area (Å²) in [6.45, 7) is 0.900. The Bertz CT molecular complexity index is 218. The first-order chi connectivity index (χ1) is 9.50. The second-order valence-corrected chi connectivity index (χ2v) is 6.97. The van der Waals surface area contributed by atoms with E-state index in [9.17, 15) is 0 Å². The molecule has 0 amide bonds. The Balaban J connectivity index is 2.12. The molecule has 0 unspecified atom stereocenters. The van der Waals surface area contributed by atoms with E-state index in [1.807, 2.05) is 0 Å². The molecule has 0 aromatic heterocycles. The van der Waals surface area contributed by atoms with E-state index in [1.54, 1.807) is 10.8 Å². The van der Waals surface area contributed by atoms with Gasteiger partial charge in [0.05, 0.1) is 17.5 Å². The van der Waals surface area contributed by atoms with Crippen molar-refractivity contribution < 1.29 is 0 Å². The maximum atomic E-state index is 4.18. The van der Waals surface area contributed by atoms with Gasteiger partial charge in [-0.25, -0.2) is 0 Å². The number of hydrogen-bond acceptors (Lipinski definition) is 4. The van der Waals surface area contributed by atoms with Crippen LogP contribution in [0.4, 0.5) is 0 Å². The monoisotopic (exact) mass is 300 g/mol. The zero-order valence-corrected chi connectivity index (χ0v) is 13.7. The predicted octanol–water partition coefficient (Wildman–Crippen LogP) is 6.94. The van der Waals surface area contributed by atoms with Gasteiger partial charge in [0.15, 0.2) is 0 Å². The molecule has 0 fully saturated rings. The van der Waals surface area contributed by atoms with E-state index in [-0.39, 0.29) is 0 Å². The van der Waals surface area contributed by atoms with E-state index in [0.29, 0.717) is 0 Å². The summed E-state index contributed by atoms with van der Waals surface area (Å²) in [5, 5.41) is 6.33. The summed E-state index contributed by atoms with van der Waals surface area (Å²) >= 11 is 0. The van der Waals surface area contributed by atoms with E-state index in [0.717, 1.165) is 6.54 Å². The van der Waals surface area contributed by atoms with Crippen molar-refractivity contribution in [3.05, 3.63) is 11.5 Å². The van der Waals surface area contributed by atoms with Crippen LogP contribution in [0.1, 0.15) is 77.0 Å². The molecule has 0 bridgehead atoms. The SMILES string of the molecule is C1=CSSN=NCCCCCCCCCCCCC1. The molecule has 2 nitrogen and oxygen atoms in total. The number of allylic oxidation sites excluding steroid dienone is 1. The summed E-state index contributed by atoms with van der Waals surface area (Å²) < 4.78 is 4.10. The van der Waals surface area contributed by atoms with Crippen LogP contribution in [0.3, 0.4) is 0 Å². The highest BCUT2D eigenvalue weighted by atomic mass is 33.1. The van der Waals surface area contributed by atoms with Gasteiger partial charge in [-0.15, -0.1) is 4.52 Å². The summed E-state index contributed by atoms with van der Waals surface area (Å²) in [4.78, 5) is 0. The summed E-state index contributed by atoms with van der Waals surface area (Å²) in [7, 11) is 3.16. The Morgan fingerprint density at radius 2 is 1.26 bits per heavy atom. The fourth-order valence-corrected chi connectivity index (χ4v) is 3.32. The standard InChI is InChI=1S/C15H28N2S2/c1-2-4-6-8-10-12-14-16-17-19-18-15-13-11-9-7-5-3-1/h13,15H,1-12,14H2. The molecule has 1 aliphatic rings.